The zero-order valence-electron chi connectivity index (χ0n) is 55.8. The second kappa shape index (κ2) is 43.8. The molecule has 0 heterocycles. The van der Waals surface area contributed by atoms with Crippen molar-refractivity contribution < 1.29 is 0 Å². The number of hydrogen-bond acceptors (Lipinski definition) is 0. The third-order valence-electron chi connectivity index (χ3n) is 12.6. The van der Waals surface area contributed by atoms with Gasteiger partial charge in [-0.25, -0.2) is 0 Å². The summed E-state index contributed by atoms with van der Waals surface area (Å²) in [7, 11) is 0. The van der Waals surface area contributed by atoms with Crippen LogP contribution in [-0.2, 0) is 0 Å². The van der Waals surface area contributed by atoms with Gasteiger partial charge in [0.15, 0.2) is 0 Å². The van der Waals surface area contributed by atoms with Gasteiger partial charge in [0.25, 0.3) is 0 Å². The second-order valence-corrected chi connectivity index (χ2v) is 31.2. The van der Waals surface area contributed by atoms with E-state index in [0.717, 1.165) is 17.8 Å². The standard InChI is InChI=1S/2C9H20.C8H18.4C7H16.2C6H14/c1-6-7-8(2)9(3,4)5;1-5-6-7-8-9(2,3)4;1-5-6-7-8(2,3)4;2*1-6(2)7(3,4)5;2*1-5-6-7(2,3)4;2*1-5-6(2,3)4/h8H,6-7H2,1-5H3;5-8H2,1-4H3;5-7H2,1-4H3;2*6H,1-5H3;2*5-6H2,1-4H3;2*5H2,1-4H3. The summed E-state index contributed by atoms with van der Waals surface area (Å²) in [5, 5.41) is 0. The minimum absolute atomic E-state index is 0.500. The summed E-state index contributed by atoms with van der Waals surface area (Å²) in [4.78, 5) is 0. The highest BCUT2D eigenvalue weighted by Crippen LogP contribution is 2.29. The molecule has 0 fully saturated rings. The van der Waals surface area contributed by atoms with Crippen molar-refractivity contribution in [3.05, 3.63) is 0 Å². The summed E-state index contributed by atoms with van der Waals surface area (Å²) in [5.41, 5.74) is 4.80. The van der Waals surface area contributed by atoms with Crippen LogP contribution in [0.3, 0.4) is 0 Å². The van der Waals surface area contributed by atoms with Gasteiger partial charge >= 0.3 is 0 Å². The molecule has 0 nitrogen and oxygen atoms in total. The van der Waals surface area contributed by atoms with E-state index in [1.807, 2.05) is 0 Å². The molecule has 0 spiro atoms. The molecule has 0 N–H and O–H groups in total. The van der Waals surface area contributed by atoms with E-state index in [1.165, 1.54) is 96.3 Å². The van der Waals surface area contributed by atoms with Gasteiger partial charge in [0.1, 0.15) is 0 Å². The summed E-state index contributed by atoms with van der Waals surface area (Å²) >= 11 is 0. The Labute approximate surface area is 431 Å². The first-order chi connectivity index (χ1) is 28.7. The van der Waals surface area contributed by atoms with Crippen molar-refractivity contribution in [2.24, 2.45) is 66.5 Å². The van der Waals surface area contributed by atoms with Gasteiger partial charge in [-0.15, -0.1) is 0 Å². The van der Waals surface area contributed by atoms with Crippen LogP contribution in [-0.4, -0.2) is 0 Å². The lowest BCUT2D eigenvalue weighted by atomic mass is 9.80. The Bertz CT molecular complexity index is 843. The highest BCUT2D eigenvalue weighted by Gasteiger charge is 2.18. The van der Waals surface area contributed by atoms with Crippen LogP contribution in [0.4, 0.5) is 0 Å². The molecule has 414 valence electrons. The van der Waals surface area contributed by atoms with Gasteiger partial charge in [-0.1, -0.05) is 341 Å². The topological polar surface area (TPSA) is 0 Å². The fourth-order valence-corrected chi connectivity index (χ4v) is 3.98. The molecule has 1 unspecified atom stereocenters. The highest BCUT2D eigenvalue weighted by molar-refractivity contribution is 4.69. The van der Waals surface area contributed by atoms with E-state index < -0.39 is 0 Å². The molecule has 0 radical (unpaired) electrons. The third kappa shape index (κ3) is 120. The first kappa shape index (κ1) is 85.8. The number of hydrogen-bond donors (Lipinski definition) is 0. The number of unbranched alkanes of at least 4 members (excludes halogenated alkanes) is 3. The molecule has 0 heteroatoms. The minimum Gasteiger partial charge on any atom is -0.0654 e. The van der Waals surface area contributed by atoms with E-state index in [4.69, 9.17) is 0 Å². The van der Waals surface area contributed by atoms with Crippen molar-refractivity contribution in [2.75, 3.05) is 0 Å². The molecule has 1 atom stereocenters. The Kier molecular flexibility index (Phi) is 56.9. The van der Waals surface area contributed by atoms with E-state index in [9.17, 15) is 0 Å². The van der Waals surface area contributed by atoms with Crippen LogP contribution in [0.1, 0.15) is 366 Å². The van der Waals surface area contributed by atoms with Crippen molar-refractivity contribution in [2.45, 2.75) is 366 Å². The predicted octanol–water partition coefficient (Wildman–Crippen LogP) is 26.2. The second-order valence-electron chi connectivity index (χ2n) is 31.2. The van der Waals surface area contributed by atoms with Gasteiger partial charge in [-0.3, -0.25) is 0 Å². The molecule has 0 aliphatic carbocycles. The zero-order chi connectivity index (χ0) is 55.8. The van der Waals surface area contributed by atoms with Crippen LogP contribution in [0.2, 0.25) is 0 Å². The van der Waals surface area contributed by atoms with Gasteiger partial charge in [0.05, 0.1) is 0 Å². The maximum Gasteiger partial charge on any atom is -0.0357 e. The highest BCUT2D eigenvalue weighted by atomic mass is 14.2. The normalized spacial score (nSPS) is 12.7. The van der Waals surface area contributed by atoms with Crippen molar-refractivity contribution in [1.82, 2.24) is 0 Å². The van der Waals surface area contributed by atoms with E-state index in [-0.39, 0.29) is 0 Å². The van der Waals surface area contributed by atoms with E-state index in [0.29, 0.717) is 48.7 Å². The largest absolute Gasteiger partial charge is 0.0654 e. The van der Waals surface area contributed by atoms with Gasteiger partial charge < -0.3 is 0 Å². The molecule has 0 aromatic heterocycles. The lowest BCUT2D eigenvalue weighted by molar-refractivity contribution is 0.245. The molecule has 0 rings (SSSR count). The first-order valence-corrected chi connectivity index (χ1v) is 28.7. The third-order valence-corrected chi connectivity index (χ3v) is 12.6. The molecular formula is C66H150. The maximum atomic E-state index is 2.34. The van der Waals surface area contributed by atoms with E-state index in [1.54, 1.807) is 0 Å². The molecule has 0 aromatic carbocycles. The van der Waals surface area contributed by atoms with Gasteiger partial charge in [-0.2, -0.15) is 0 Å². The fourth-order valence-electron chi connectivity index (χ4n) is 3.98. The Hall–Kier alpha value is 0. The van der Waals surface area contributed by atoms with E-state index >= 15 is 0 Å². The van der Waals surface area contributed by atoms with Crippen molar-refractivity contribution in [1.29, 1.82) is 0 Å². The molecule has 0 amide bonds. The lowest BCUT2D eigenvalue weighted by Gasteiger charge is -2.26. The summed E-state index contributed by atoms with van der Waals surface area (Å²) < 4.78 is 0. The molecule has 66 heavy (non-hydrogen) atoms. The molecule has 0 saturated carbocycles. The van der Waals surface area contributed by atoms with Gasteiger partial charge in [-0.05, 0) is 92.2 Å². The Morgan fingerprint density at radius 3 is 0.530 bits per heavy atom. The minimum atomic E-state index is 0.500. The van der Waals surface area contributed by atoms with Gasteiger partial charge in [0.2, 0.25) is 0 Å². The van der Waals surface area contributed by atoms with Crippen LogP contribution in [0.25, 0.3) is 0 Å². The van der Waals surface area contributed by atoms with Crippen LogP contribution in [0.5, 0.6) is 0 Å². The van der Waals surface area contributed by atoms with Crippen molar-refractivity contribution in [3.63, 3.8) is 0 Å². The SMILES string of the molecule is CC(C)C(C)(C)C.CC(C)C(C)(C)C.CCC(C)(C)C.CCC(C)(C)C.CCCC(C)(C)C.CCCC(C)(C)C.CCCC(C)C(C)(C)C.CCCCC(C)(C)C.CCCCCC(C)(C)C. The zero-order valence-corrected chi connectivity index (χ0v) is 55.8. The van der Waals surface area contributed by atoms with Crippen LogP contribution in [0, 0.1) is 66.5 Å². The summed E-state index contributed by atoms with van der Waals surface area (Å²) in [5.74, 6) is 2.46. The molecule has 0 bridgehead atoms. The Balaban J connectivity index is -0.0000000794. The Morgan fingerprint density at radius 2 is 0.455 bits per heavy atom. The molecule has 0 aliphatic rings. The molecule has 0 aromatic rings. The van der Waals surface area contributed by atoms with Crippen LogP contribution < -0.4 is 0 Å². The summed E-state index contributed by atoms with van der Waals surface area (Å²) in [6.07, 6.45) is 20.1. The smallest absolute Gasteiger partial charge is 0.0357 e. The summed E-state index contributed by atoms with van der Waals surface area (Å²) in [6, 6.07) is 0. The Morgan fingerprint density at radius 1 is 0.242 bits per heavy atom. The average Bonchev–Trinajstić information content (AvgIpc) is 3.06. The van der Waals surface area contributed by atoms with Crippen LogP contribution >= 0.6 is 0 Å². The number of rotatable bonds is 9. The maximum absolute atomic E-state index is 2.34. The van der Waals surface area contributed by atoms with Crippen molar-refractivity contribution >= 4 is 0 Å². The molecular weight excluding hydrogens is 793 g/mol. The molecule has 0 aliphatic heterocycles. The molecule has 0 saturated heterocycles. The predicted molar refractivity (Wildman–Crippen MR) is 323 cm³/mol. The fraction of sp³-hybridized carbons (Fsp3) is 1.00. The first-order valence-electron chi connectivity index (χ1n) is 28.7. The lowest BCUT2D eigenvalue weighted by Crippen LogP contribution is -2.16. The van der Waals surface area contributed by atoms with Crippen molar-refractivity contribution in [3.8, 4) is 0 Å². The van der Waals surface area contributed by atoms with Crippen LogP contribution in [0.15, 0.2) is 0 Å². The quantitative estimate of drug-likeness (QED) is 0.202. The van der Waals surface area contributed by atoms with E-state index in [2.05, 4.69) is 270 Å². The summed E-state index contributed by atoms with van der Waals surface area (Å²) in [6.45, 7) is 88.4. The average molecular weight is 944 g/mol. The van der Waals surface area contributed by atoms with Gasteiger partial charge in [0, 0.05) is 0 Å². The monoisotopic (exact) mass is 943 g/mol.